The first-order valence-electron chi connectivity index (χ1n) is 8.44. The summed E-state index contributed by atoms with van der Waals surface area (Å²) in [4.78, 5) is 4.11. The smallest absolute Gasteiger partial charge is 0.119 e. The zero-order valence-electron chi connectivity index (χ0n) is 15.6. The summed E-state index contributed by atoms with van der Waals surface area (Å²) in [6.45, 7) is 2.13. The first-order valence-corrected chi connectivity index (χ1v) is 8.44. The van der Waals surface area contributed by atoms with Crippen molar-refractivity contribution < 1.29 is 14.2 Å². The van der Waals surface area contributed by atoms with Crippen LogP contribution >= 0.6 is 0 Å². The maximum absolute atomic E-state index is 5.65. The minimum Gasteiger partial charge on any atom is -0.491 e. The van der Waals surface area contributed by atoms with Crippen LogP contribution in [0.2, 0.25) is 0 Å². The second-order valence-corrected chi connectivity index (χ2v) is 6.09. The van der Waals surface area contributed by atoms with E-state index in [4.69, 9.17) is 14.2 Å². The standard InChI is InChI=1S/C20H28N2O3/c1-21(2)17-5-9-19(10-6-17)24-15-13-23-14-16-25-20-11-7-18(8-12-20)22(3)4/h5-12H,13-16H2,1-4H3. The molecule has 0 aliphatic heterocycles. The molecular weight excluding hydrogens is 316 g/mol. The lowest BCUT2D eigenvalue weighted by atomic mass is 10.3. The van der Waals surface area contributed by atoms with Crippen LogP contribution in [0, 0.1) is 0 Å². The van der Waals surface area contributed by atoms with Gasteiger partial charge in [-0.2, -0.15) is 0 Å². The number of ether oxygens (including phenoxy) is 3. The van der Waals surface area contributed by atoms with Gasteiger partial charge in [0.1, 0.15) is 24.7 Å². The summed E-state index contributed by atoms with van der Waals surface area (Å²) >= 11 is 0. The Labute approximate surface area is 150 Å². The Morgan fingerprint density at radius 2 is 0.920 bits per heavy atom. The lowest BCUT2D eigenvalue weighted by Crippen LogP contribution is -2.12. The van der Waals surface area contributed by atoms with E-state index in [1.807, 2.05) is 76.7 Å². The van der Waals surface area contributed by atoms with Gasteiger partial charge in [0.05, 0.1) is 13.2 Å². The molecule has 0 saturated carbocycles. The highest BCUT2D eigenvalue weighted by Crippen LogP contribution is 2.18. The summed E-state index contributed by atoms with van der Waals surface area (Å²) in [7, 11) is 8.07. The van der Waals surface area contributed by atoms with Crippen LogP contribution in [0.1, 0.15) is 0 Å². The van der Waals surface area contributed by atoms with Crippen LogP contribution in [0.25, 0.3) is 0 Å². The molecule has 0 aliphatic rings. The molecule has 0 unspecified atom stereocenters. The SMILES string of the molecule is CN(C)c1ccc(OCCOCCOc2ccc(N(C)C)cc2)cc1. The molecule has 0 atom stereocenters. The van der Waals surface area contributed by atoms with Crippen LogP contribution in [0.15, 0.2) is 48.5 Å². The fourth-order valence-corrected chi connectivity index (χ4v) is 2.22. The van der Waals surface area contributed by atoms with Crippen LogP contribution in [-0.2, 0) is 4.74 Å². The summed E-state index contributed by atoms with van der Waals surface area (Å²) in [5.74, 6) is 1.71. The Hall–Kier alpha value is -2.40. The van der Waals surface area contributed by atoms with Gasteiger partial charge in [0.2, 0.25) is 0 Å². The van der Waals surface area contributed by atoms with Gasteiger partial charge in [-0.15, -0.1) is 0 Å². The monoisotopic (exact) mass is 344 g/mol. The Kier molecular flexibility index (Phi) is 7.41. The first kappa shape index (κ1) is 18.9. The summed E-state index contributed by atoms with van der Waals surface area (Å²) in [5.41, 5.74) is 2.30. The molecule has 0 amide bonds. The van der Waals surface area contributed by atoms with Crippen molar-refractivity contribution in [1.29, 1.82) is 0 Å². The van der Waals surface area contributed by atoms with Crippen molar-refractivity contribution >= 4 is 11.4 Å². The highest BCUT2D eigenvalue weighted by molar-refractivity contribution is 5.48. The molecule has 2 rings (SSSR count). The minimum atomic E-state index is 0.527. The second-order valence-electron chi connectivity index (χ2n) is 6.09. The van der Waals surface area contributed by atoms with Gasteiger partial charge in [-0.1, -0.05) is 0 Å². The minimum absolute atomic E-state index is 0.527. The van der Waals surface area contributed by atoms with Crippen molar-refractivity contribution in [3.05, 3.63) is 48.5 Å². The zero-order chi connectivity index (χ0) is 18.1. The molecule has 0 fully saturated rings. The predicted molar refractivity (Wildman–Crippen MR) is 103 cm³/mol. The van der Waals surface area contributed by atoms with E-state index in [9.17, 15) is 0 Å². The maximum Gasteiger partial charge on any atom is 0.119 e. The fraction of sp³-hybridized carbons (Fsp3) is 0.400. The molecule has 0 aliphatic carbocycles. The molecule has 0 heterocycles. The third-order valence-electron chi connectivity index (χ3n) is 3.70. The van der Waals surface area contributed by atoms with Gasteiger partial charge in [-0.05, 0) is 48.5 Å². The number of rotatable bonds is 10. The Morgan fingerprint density at radius 3 is 1.24 bits per heavy atom. The molecule has 25 heavy (non-hydrogen) atoms. The van der Waals surface area contributed by atoms with E-state index < -0.39 is 0 Å². The van der Waals surface area contributed by atoms with Gasteiger partial charge < -0.3 is 24.0 Å². The number of anilines is 2. The van der Waals surface area contributed by atoms with E-state index in [0.717, 1.165) is 22.9 Å². The van der Waals surface area contributed by atoms with E-state index in [2.05, 4.69) is 9.80 Å². The van der Waals surface area contributed by atoms with Gasteiger partial charge in [0, 0.05) is 39.6 Å². The van der Waals surface area contributed by atoms with Crippen LogP contribution in [0.3, 0.4) is 0 Å². The van der Waals surface area contributed by atoms with E-state index in [1.54, 1.807) is 0 Å². The third kappa shape index (κ3) is 6.55. The van der Waals surface area contributed by atoms with Gasteiger partial charge in [0.15, 0.2) is 0 Å². The highest BCUT2D eigenvalue weighted by atomic mass is 16.5. The summed E-state index contributed by atoms with van der Waals surface area (Å²) < 4.78 is 16.8. The molecule has 0 N–H and O–H groups in total. The molecule has 0 radical (unpaired) electrons. The van der Waals surface area contributed by atoms with Crippen molar-refractivity contribution in [3.63, 3.8) is 0 Å². The molecule has 2 aromatic rings. The molecule has 5 nitrogen and oxygen atoms in total. The average molecular weight is 344 g/mol. The van der Waals surface area contributed by atoms with Gasteiger partial charge in [-0.25, -0.2) is 0 Å². The normalized spacial score (nSPS) is 10.4. The lowest BCUT2D eigenvalue weighted by Gasteiger charge is -2.13. The molecule has 5 heteroatoms. The highest BCUT2D eigenvalue weighted by Gasteiger charge is 1.99. The Balaban J connectivity index is 1.56. The van der Waals surface area contributed by atoms with Crippen molar-refractivity contribution in [2.75, 3.05) is 64.4 Å². The number of benzene rings is 2. The summed E-state index contributed by atoms with van der Waals surface area (Å²) in [5, 5.41) is 0. The number of hydrogen-bond acceptors (Lipinski definition) is 5. The van der Waals surface area contributed by atoms with Crippen LogP contribution in [-0.4, -0.2) is 54.6 Å². The Morgan fingerprint density at radius 1 is 0.560 bits per heavy atom. The quantitative estimate of drug-likeness (QED) is 0.618. The molecular formula is C20H28N2O3. The van der Waals surface area contributed by atoms with E-state index in [0.29, 0.717) is 26.4 Å². The lowest BCUT2D eigenvalue weighted by molar-refractivity contribution is 0.0764. The topological polar surface area (TPSA) is 34.2 Å². The number of hydrogen-bond donors (Lipinski definition) is 0. The molecule has 0 spiro atoms. The van der Waals surface area contributed by atoms with Crippen molar-refractivity contribution in [1.82, 2.24) is 0 Å². The van der Waals surface area contributed by atoms with E-state index in [1.165, 1.54) is 0 Å². The van der Waals surface area contributed by atoms with Crippen molar-refractivity contribution in [2.24, 2.45) is 0 Å². The van der Waals surface area contributed by atoms with E-state index in [-0.39, 0.29) is 0 Å². The van der Waals surface area contributed by atoms with E-state index >= 15 is 0 Å². The maximum atomic E-state index is 5.65. The molecule has 0 saturated heterocycles. The van der Waals surface area contributed by atoms with Crippen molar-refractivity contribution in [3.8, 4) is 11.5 Å². The van der Waals surface area contributed by atoms with Gasteiger partial charge >= 0.3 is 0 Å². The fourth-order valence-electron chi connectivity index (χ4n) is 2.22. The van der Waals surface area contributed by atoms with Gasteiger partial charge in [-0.3, -0.25) is 0 Å². The first-order chi connectivity index (χ1) is 12.1. The third-order valence-corrected chi connectivity index (χ3v) is 3.70. The van der Waals surface area contributed by atoms with Gasteiger partial charge in [0.25, 0.3) is 0 Å². The van der Waals surface area contributed by atoms with Crippen molar-refractivity contribution in [2.45, 2.75) is 0 Å². The van der Waals surface area contributed by atoms with Crippen LogP contribution < -0.4 is 19.3 Å². The predicted octanol–water partition coefficient (Wildman–Crippen LogP) is 3.29. The molecule has 2 aromatic carbocycles. The largest absolute Gasteiger partial charge is 0.491 e. The van der Waals surface area contributed by atoms with Crippen LogP contribution in [0.4, 0.5) is 11.4 Å². The zero-order valence-corrected chi connectivity index (χ0v) is 15.6. The Bertz CT molecular complexity index is 554. The summed E-state index contributed by atoms with van der Waals surface area (Å²) in [6, 6.07) is 16.0. The number of nitrogens with zero attached hydrogens (tertiary/aromatic N) is 2. The molecule has 136 valence electrons. The summed E-state index contributed by atoms with van der Waals surface area (Å²) in [6.07, 6.45) is 0. The molecule has 0 aromatic heterocycles. The van der Waals surface area contributed by atoms with Crippen LogP contribution in [0.5, 0.6) is 11.5 Å². The second kappa shape index (κ2) is 9.79. The molecule has 0 bridgehead atoms. The average Bonchev–Trinajstić information content (AvgIpc) is 2.61.